The first-order chi connectivity index (χ1) is 25.3. The zero-order valence-electron chi connectivity index (χ0n) is 36.9. The van der Waals surface area contributed by atoms with Crippen molar-refractivity contribution in [3.8, 4) is 0 Å². The third-order valence-electron chi connectivity index (χ3n) is 15.5. The number of nitrogens with two attached hydrogens (primary N) is 2. The second kappa shape index (κ2) is 19.3. The van der Waals surface area contributed by atoms with E-state index >= 15 is 0 Å². The molecule has 0 spiro atoms. The molecule has 54 heavy (non-hydrogen) atoms. The summed E-state index contributed by atoms with van der Waals surface area (Å²) in [6.07, 6.45) is 20.2. The molecular weight excluding hydrogens is 669 g/mol. The highest BCUT2D eigenvalue weighted by Gasteiger charge is 2.59. The zero-order valence-corrected chi connectivity index (χ0v) is 36.9. The summed E-state index contributed by atoms with van der Waals surface area (Å²) in [7, 11) is 0. The first-order valence-electron chi connectivity index (χ1n) is 22.7. The summed E-state index contributed by atoms with van der Waals surface area (Å²) in [5.41, 5.74) is 14.1. The second-order valence-electron chi connectivity index (χ2n) is 21.1. The minimum atomic E-state index is -0.349. The van der Waals surface area contributed by atoms with Gasteiger partial charge in [0.05, 0.1) is 6.42 Å². The molecule has 0 aromatic carbocycles. The van der Waals surface area contributed by atoms with Crippen LogP contribution in [0, 0.1) is 52.3 Å². The number of hydrogen-bond acceptors (Lipinski definition) is 6. The van der Waals surface area contributed by atoms with Crippen LogP contribution in [0.1, 0.15) is 178 Å². The molecule has 5 N–H and O–H groups in total. The number of carbonyl (C=O) groups excluding carboxylic acids is 2. The van der Waals surface area contributed by atoms with Crippen molar-refractivity contribution in [3.63, 3.8) is 0 Å². The van der Waals surface area contributed by atoms with E-state index < -0.39 is 0 Å². The summed E-state index contributed by atoms with van der Waals surface area (Å²) in [5.74, 6) is 5.55. The highest BCUT2D eigenvalue weighted by Crippen LogP contribution is 2.67. The number of carbonyl (C=O) groups is 2. The van der Waals surface area contributed by atoms with E-state index in [1.807, 2.05) is 32.6 Å². The average Bonchev–Trinajstić information content (AvgIpc) is 3.44. The standard InChI is InChI=1S/C47H86N4O3/c1-11-35(33(2)3)15-14-34(4)39-18-19-40-38-17-16-36-32-37(22-24-46(36,9)41(38)23-25-47(39,40)10)54-43(53)21-20-42(52)51(31-27-45(7,8)49)30-13-12-28-50-29-26-44(5,6)48/h16,33-35,37-41,50H,11-15,17-32,48-49H2,1-10H3/t34-,35-,37+,38+,39-,40+,41+,46+,47-/m1/s1. The molecule has 4 aliphatic carbocycles. The summed E-state index contributed by atoms with van der Waals surface area (Å²) in [6.45, 7) is 26.2. The van der Waals surface area contributed by atoms with Crippen LogP contribution in [0.25, 0.3) is 0 Å². The molecule has 0 aliphatic heterocycles. The Morgan fingerprint density at radius 1 is 0.907 bits per heavy atom. The largest absolute Gasteiger partial charge is 0.462 e. The van der Waals surface area contributed by atoms with Gasteiger partial charge >= 0.3 is 5.97 Å². The quantitative estimate of drug-likeness (QED) is 0.0612. The number of rotatable bonds is 21. The van der Waals surface area contributed by atoms with Gasteiger partial charge in [-0.2, -0.15) is 0 Å². The Labute approximate surface area is 332 Å². The second-order valence-corrected chi connectivity index (χ2v) is 21.1. The molecule has 0 bridgehead atoms. The number of unbranched alkanes of at least 4 members (excludes halogenated alkanes) is 1. The zero-order chi connectivity index (χ0) is 39.9. The van der Waals surface area contributed by atoms with Crippen molar-refractivity contribution in [2.45, 2.75) is 196 Å². The maximum absolute atomic E-state index is 13.4. The van der Waals surface area contributed by atoms with E-state index in [-0.39, 0.29) is 47.3 Å². The lowest BCUT2D eigenvalue weighted by molar-refractivity contribution is -0.153. The fraction of sp³-hybridized carbons (Fsp3) is 0.915. The SMILES string of the molecule is CC[C@H](CC[C@@H](C)[C@H]1CC[C@H]2[C@@H]3CC=C4C[C@@H](OC(=O)CCC(=O)N(CCCCNCCC(C)(C)N)CCC(C)(C)N)CC[C@]4(C)[C@H]3CC[C@]12C)C(C)C. The highest BCUT2D eigenvalue weighted by atomic mass is 16.5. The summed E-state index contributed by atoms with van der Waals surface area (Å²) in [4.78, 5) is 28.5. The Morgan fingerprint density at radius 2 is 1.63 bits per heavy atom. The fourth-order valence-corrected chi connectivity index (χ4v) is 11.9. The van der Waals surface area contributed by atoms with Gasteiger partial charge in [0.1, 0.15) is 6.10 Å². The Morgan fingerprint density at radius 3 is 2.30 bits per heavy atom. The van der Waals surface area contributed by atoms with Crippen molar-refractivity contribution in [1.82, 2.24) is 10.2 Å². The van der Waals surface area contributed by atoms with E-state index in [0.29, 0.717) is 18.5 Å². The predicted octanol–water partition coefficient (Wildman–Crippen LogP) is 9.81. The van der Waals surface area contributed by atoms with Gasteiger partial charge in [0, 0.05) is 37.0 Å². The van der Waals surface area contributed by atoms with Crippen molar-refractivity contribution in [2.75, 3.05) is 26.2 Å². The molecule has 0 unspecified atom stereocenters. The van der Waals surface area contributed by atoms with Crippen LogP contribution in [-0.4, -0.2) is 60.1 Å². The number of amides is 1. The number of ether oxygens (including phenoxy) is 1. The van der Waals surface area contributed by atoms with Crippen molar-refractivity contribution in [1.29, 1.82) is 0 Å². The van der Waals surface area contributed by atoms with Gasteiger partial charge in [-0.15, -0.1) is 0 Å². The van der Waals surface area contributed by atoms with Crippen molar-refractivity contribution < 1.29 is 14.3 Å². The predicted molar refractivity (Wildman–Crippen MR) is 226 cm³/mol. The van der Waals surface area contributed by atoms with Crippen LogP contribution < -0.4 is 16.8 Å². The van der Waals surface area contributed by atoms with E-state index in [0.717, 1.165) is 99.5 Å². The van der Waals surface area contributed by atoms with Gasteiger partial charge in [-0.05, 0) is 170 Å². The van der Waals surface area contributed by atoms with E-state index in [4.69, 9.17) is 16.2 Å². The Hall–Kier alpha value is -1.44. The van der Waals surface area contributed by atoms with Gasteiger partial charge < -0.3 is 26.4 Å². The van der Waals surface area contributed by atoms with E-state index in [9.17, 15) is 9.59 Å². The molecule has 4 aliphatic rings. The van der Waals surface area contributed by atoms with Gasteiger partial charge in [0.2, 0.25) is 5.91 Å². The number of esters is 1. The van der Waals surface area contributed by atoms with E-state index in [1.165, 1.54) is 51.4 Å². The van der Waals surface area contributed by atoms with Crippen LogP contribution in [0.3, 0.4) is 0 Å². The molecule has 0 aromatic heterocycles. The molecule has 0 saturated heterocycles. The van der Waals surface area contributed by atoms with Crippen LogP contribution in [0.15, 0.2) is 11.6 Å². The third kappa shape index (κ3) is 12.0. The number of fused-ring (bicyclic) bond motifs is 5. The number of allylic oxidation sites excluding steroid dienone is 1. The smallest absolute Gasteiger partial charge is 0.306 e. The first kappa shape index (κ1) is 45.3. The minimum Gasteiger partial charge on any atom is -0.462 e. The molecule has 0 aromatic rings. The van der Waals surface area contributed by atoms with Gasteiger partial charge in [-0.3, -0.25) is 9.59 Å². The third-order valence-corrected chi connectivity index (χ3v) is 15.5. The fourth-order valence-electron chi connectivity index (χ4n) is 11.9. The van der Waals surface area contributed by atoms with Crippen LogP contribution >= 0.6 is 0 Å². The molecular formula is C47H86N4O3. The lowest BCUT2D eigenvalue weighted by Gasteiger charge is -2.58. The molecule has 4 rings (SSSR count). The van der Waals surface area contributed by atoms with Gasteiger partial charge in [0.15, 0.2) is 0 Å². The molecule has 3 fully saturated rings. The molecule has 7 heteroatoms. The van der Waals surface area contributed by atoms with E-state index in [1.54, 1.807) is 5.57 Å². The van der Waals surface area contributed by atoms with Crippen LogP contribution in [0.5, 0.6) is 0 Å². The van der Waals surface area contributed by atoms with Gasteiger partial charge in [0.25, 0.3) is 0 Å². The highest BCUT2D eigenvalue weighted by molar-refractivity contribution is 5.81. The topological polar surface area (TPSA) is 111 Å². The van der Waals surface area contributed by atoms with Crippen LogP contribution in [0.2, 0.25) is 0 Å². The molecule has 0 heterocycles. The maximum Gasteiger partial charge on any atom is 0.306 e. The maximum atomic E-state index is 13.4. The lowest BCUT2D eigenvalue weighted by atomic mass is 9.47. The first-order valence-corrected chi connectivity index (χ1v) is 22.7. The van der Waals surface area contributed by atoms with Crippen molar-refractivity contribution in [2.24, 2.45) is 63.7 Å². The van der Waals surface area contributed by atoms with Gasteiger partial charge in [-0.1, -0.05) is 66.0 Å². The summed E-state index contributed by atoms with van der Waals surface area (Å²) >= 11 is 0. The molecule has 312 valence electrons. The van der Waals surface area contributed by atoms with E-state index in [2.05, 4.69) is 52.9 Å². The number of nitrogens with one attached hydrogen (secondary N) is 1. The Kier molecular flexibility index (Phi) is 16.2. The lowest BCUT2D eigenvalue weighted by Crippen LogP contribution is -2.51. The minimum absolute atomic E-state index is 0.0276. The van der Waals surface area contributed by atoms with Crippen LogP contribution in [-0.2, 0) is 14.3 Å². The average molecular weight is 755 g/mol. The Bertz CT molecular complexity index is 1230. The molecule has 1 amide bonds. The summed E-state index contributed by atoms with van der Waals surface area (Å²) in [5, 5.41) is 3.47. The molecule has 0 radical (unpaired) electrons. The number of hydrogen-bond donors (Lipinski definition) is 3. The normalized spacial score (nSPS) is 30.9. The number of nitrogens with zero attached hydrogens (tertiary/aromatic N) is 1. The van der Waals surface area contributed by atoms with Crippen molar-refractivity contribution >= 4 is 11.9 Å². The molecule has 9 atom stereocenters. The Balaban J connectivity index is 1.26. The summed E-state index contributed by atoms with van der Waals surface area (Å²) in [6, 6.07) is 0. The monoisotopic (exact) mass is 755 g/mol. The van der Waals surface area contributed by atoms with Gasteiger partial charge in [-0.25, -0.2) is 0 Å². The molecule has 7 nitrogen and oxygen atoms in total. The van der Waals surface area contributed by atoms with Crippen LogP contribution in [0.4, 0.5) is 0 Å². The molecule has 3 saturated carbocycles. The summed E-state index contributed by atoms with van der Waals surface area (Å²) < 4.78 is 6.13. The van der Waals surface area contributed by atoms with Crippen molar-refractivity contribution in [3.05, 3.63) is 11.6 Å².